The molecule has 0 aromatic heterocycles. The highest BCUT2D eigenvalue weighted by molar-refractivity contribution is 5.94. The number of nitrogen functional groups attached to an aromatic ring is 1. The molecule has 1 aromatic rings. The number of benzene rings is 1. The summed E-state index contributed by atoms with van der Waals surface area (Å²) in [7, 11) is 3.03. The van der Waals surface area contributed by atoms with E-state index in [1.807, 2.05) is 19.2 Å². The number of carbonyl (C=O) groups excluding carboxylic acids is 3. The number of hydrogen-bond acceptors (Lipinski definition) is 10. The van der Waals surface area contributed by atoms with E-state index in [0.29, 0.717) is 31.4 Å². The number of rotatable bonds is 12. The van der Waals surface area contributed by atoms with Crippen LogP contribution in [0.25, 0.3) is 0 Å². The molecule has 1 aliphatic heterocycles. The van der Waals surface area contributed by atoms with Gasteiger partial charge in [0, 0.05) is 19.2 Å². The fourth-order valence-electron chi connectivity index (χ4n) is 3.49. The predicted molar refractivity (Wildman–Crippen MR) is 134 cm³/mol. The molecule has 13 nitrogen and oxygen atoms in total. The van der Waals surface area contributed by atoms with Crippen molar-refractivity contribution >= 4 is 29.7 Å². The Morgan fingerprint density at radius 1 is 1.23 bits per heavy atom. The van der Waals surface area contributed by atoms with E-state index < -0.39 is 30.1 Å². The Labute approximate surface area is 228 Å². The molecular weight excluding hydrogens is 543 g/mol. The number of hydroxylamine groups is 2. The first-order valence-electron chi connectivity index (χ1n) is 12.1. The monoisotopic (exact) mass is 577 g/mol. The Kier molecular flexibility index (Phi) is 14.0. The number of hydrogen-bond donors (Lipinski definition) is 5. The van der Waals surface area contributed by atoms with Crippen LogP contribution in [-0.2, 0) is 33.5 Å². The van der Waals surface area contributed by atoms with Gasteiger partial charge in [-0.15, -0.1) is 0 Å². The number of aliphatic carboxylic acids is 1. The maximum absolute atomic E-state index is 12.2. The molecule has 1 fully saturated rings. The number of halogens is 3. The molecule has 1 aromatic carbocycles. The second-order valence-electron chi connectivity index (χ2n) is 8.68. The number of ether oxygens (including phenoxy) is 2. The molecule has 7 N–H and O–H groups in total. The lowest BCUT2D eigenvalue weighted by atomic mass is 9.99. The van der Waals surface area contributed by atoms with E-state index in [1.54, 1.807) is 17.2 Å². The molecule has 0 unspecified atom stereocenters. The number of methoxy groups -OCH3 is 1. The van der Waals surface area contributed by atoms with E-state index in [1.165, 1.54) is 7.11 Å². The summed E-state index contributed by atoms with van der Waals surface area (Å²) in [5.74, 6) is -4.07. The molecule has 0 aliphatic carbocycles. The van der Waals surface area contributed by atoms with Gasteiger partial charge in [-0.3, -0.25) is 24.6 Å². The van der Waals surface area contributed by atoms with Crippen LogP contribution in [0.4, 0.5) is 13.2 Å². The molecule has 2 rings (SSSR count). The SMILES string of the molecule is COC(=O)[C@@H](N)CC(=O)OCCCCNC(=O)C[C@H]1C[C@@H](c2ccc(C(=N)N)cc2)N(C)O1.O=C(O)C(F)(F)F. The minimum Gasteiger partial charge on any atom is -0.475 e. The summed E-state index contributed by atoms with van der Waals surface area (Å²) in [6.07, 6.45) is -3.42. The number of carboxylic acids is 1. The van der Waals surface area contributed by atoms with Crippen molar-refractivity contribution in [1.29, 1.82) is 5.41 Å². The van der Waals surface area contributed by atoms with E-state index in [4.69, 9.17) is 36.4 Å². The number of amides is 1. The van der Waals surface area contributed by atoms with Gasteiger partial charge in [-0.2, -0.15) is 18.2 Å². The molecule has 0 spiro atoms. The van der Waals surface area contributed by atoms with Gasteiger partial charge in [0.05, 0.1) is 38.7 Å². The van der Waals surface area contributed by atoms with Gasteiger partial charge in [-0.1, -0.05) is 24.3 Å². The molecule has 1 amide bonds. The normalized spacial score (nSPS) is 17.6. The number of carboxylic acid groups (broad SMARTS) is 1. The lowest BCUT2D eigenvalue weighted by Gasteiger charge is -2.17. The number of nitrogens with one attached hydrogen (secondary N) is 2. The molecule has 0 saturated carbocycles. The summed E-state index contributed by atoms with van der Waals surface area (Å²) >= 11 is 0. The van der Waals surface area contributed by atoms with Crippen LogP contribution in [0.5, 0.6) is 0 Å². The van der Waals surface area contributed by atoms with Gasteiger partial charge in [0.1, 0.15) is 11.9 Å². The van der Waals surface area contributed by atoms with Gasteiger partial charge in [0.2, 0.25) is 5.91 Å². The third-order valence-corrected chi connectivity index (χ3v) is 5.55. The van der Waals surface area contributed by atoms with Crippen LogP contribution < -0.4 is 16.8 Å². The minimum atomic E-state index is -5.08. The van der Waals surface area contributed by atoms with Crippen LogP contribution in [0.2, 0.25) is 0 Å². The van der Waals surface area contributed by atoms with Crippen molar-refractivity contribution in [2.45, 2.75) is 56.5 Å². The first-order valence-corrected chi connectivity index (χ1v) is 12.1. The number of alkyl halides is 3. The standard InChI is InChI=1S/C22H33N5O6.C2HF3O2/c1-27-18(14-5-7-15(8-6-14)21(24)25)11-16(33-27)12-19(28)26-9-3-4-10-32-20(29)13-17(23)22(30)31-2;3-2(4,5)1(6)7/h5-8,16-18H,3-4,9-13,23H2,1-2H3,(H3,24,25)(H,26,28);(H,6,7)/t16-,17+,18+;/m1./s1. The maximum Gasteiger partial charge on any atom is 0.490 e. The fraction of sp³-hybridized carbons (Fsp3) is 0.542. The average molecular weight is 578 g/mol. The van der Waals surface area contributed by atoms with Crippen molar-refractivity contribution in [3.63, 3.8) is 0 Å². The Morgan fingerprint density at radius 2 is 1.82 bits per heavy atom. The van der Waals surface area contributed by atoms with E-state index in [-0.39, 0.29) is 43.3 Å². The fourth-order valence-corrected chi connectivity index (χ4v) is 3.49. The zero-order valence-electron chi connectivity index (χ0n) is 22.0. The van der Waals surface area contributed by atoms with Crippen molar-refractivity contribution in [3.8, 4) is 0 Å². The highest BCUT2D eigenvalue weighted by Crippen LogP contribution is 2.34. The Hall–Kier alpha value is -3.76. The van der Waals surface area contributed by atoms with Crippen LogP contribution in [0.15, 0.2) is 24.3 Å². The Morgan fingerprint density at radius 3 is 2.35 bits per heavy atom. The highest BCUT2D eigenvalue weighted by Gasteiger charge is 2.38. The van der Waals surface area contributed by atoms with Crippen LogP contribution in [0.1, 0.15) is 49.3 Å². The smallest absolute Gasteiger partial charge is 0.475 e. The van der Waals surface area contributed by atoms with Crippen molar-refractivity contribution in [2.24, 2.45) is 11.5 Å². The molecule has 16 heteroatoms. The van der Waals surface area contributed by atoms with Gasteiger partial charge in [-0.05, 0) is 24.8 Å². The van der Waals surface area contributed by atoms with E-state index in [0.717, 1.165) is 5.56 Å². The molecule has 1 heterocycles. The third-order valence-electron chi connectivity index (χ3n) is 5.55. The summed E-state index contributed by atoms with van der Waals surface area (Å²) in [5.41, 5.74) is 12.7. The zero-order chi connectivity index (χ0) is 30.5. The molecule has 0 radical (unpaired) electrons. The van der Waals surface area contributed by atoms with Crippen LogP contribution >= 0.6 is 0 Å². The second-order valence-corrected chi connectivity index (χ2v) is 8.68. The molecule has 0 bridgehead atoms. The lowest BCUT2D eigenvalue weighted by molar-refractivity contribution is -0.192. The Bertz CT molecular complexity index is 1020. The van der Waals surface area contributed by atoms with Crippen LogP contribution in [0, 0.1) is 5.41 Å². The molecule has 3 atom stereocenters. The van der Waals surface area contributed by atoms with E-state index in [2.05, 4.69) is 10.1 Å². The second kappa shape index (κ2) is 16.4. The molecular formula is C24H34F3N5O8. The van der Waals surface area contributed by atoms with Crippen molar-refractivity contribution in [2.75, 3.05) is 27.3 Å². The lowest BCUT2D eigenvalue weighted by Crippen LogP contribution is -2.34. The quantitative estimate of drug-likeness (QED) is 0.102. The number of esters is 2. The molecule has 224 valence electrons. The number of carbonyl (C=O) groups is 4. The largest absolute Gasteiger partial charge is 0.490 e. The van der Waals surface area contributed by atoms with Crippen LogP contribution in [-0.4, -0.2) is 85.5 Å². The van der Waals surface area contributed by atoms with E-state index in [9.17, 15) is 27.6 Å². The van der Waals surface area contributed by atoms with Crippen molar-refractivity contribution in [1.82, 2.24) is 10.4 Å². The molecule has 40 heavy (non-hydrogen) atoms. The number of nitrogens with two attached hydrogens (primary N) is 2. The maximum atomic E-state index is 12.2. The number of unbranched alkanes of at least 4 members (excludes halogenated alkanes) is 1. The summed E-state index contributed by atoms with van der Waals surface area (Å²) < 4.78 is 41.2. The Balaban J connectivity index is 0.00000101. The third kappa shape index (κ3) is 12.4. The van der Waals surface area contributed by atoms with Crippen molar-refractivity contribution < 1.29 is 51.8 Å². The molecule has 1 saturated heterocycles. The van der Waals surface area contributed by atoms with Crippen LogP contribution in [0.3, 0.4) is 0 Å². The first-order chi connectivity index (χ1) is 18.6. The van der Waals surface area contributed by atoms with Gasteiger partial charge >= 0.3 is 24.1 Å². The zero-order valence-corrected chi connectivity index (χ0v) is 22.0. The summed E-state index contributed by atoms with van der Waals surface area (Å²) in [6.45, 7) is 0.639. The summed E-state index contributed by atoms with van der Waals surface area (Å²) in [6, 6.07) is 6.43. The average Bonchev–Trinajstić information content (AvgIpc) is 3.24. The van der Waals surface area contributed by atoms with Gasteiger partial charge in [0.25, 0.3) is 0 Å². The van der Waals surface area contributed by atoms with Gasteiger partial charge in [-0.25, -0.2) is 4.79 Å². The minimum absolute atomic E-state index is 0.0193. The summed E-state index contributed by atoms with van der Waals surface area (Å²) in [4.78, 5) is 49.7. The first kappa shape index (κ1) is 34.3. The topological polar surface area (TPSA) is 207 Å². The van der Waals surface area contributed by atoms with Gasteiger partial charge in [0.15, 0.2) is 0 Å². The number of amidine groups is 1. The number of nitrogens with zero attached hydrogens (tertiary/aromatic N) is 1. The van der Waals surface area contributed by atoms with Gasteiger partial charge < -0.3 is 31.4 Å². The molecule has 1 aliphatic rings. The van der Waals surface area contributed by atoms with Crippen molar-refractivity contribution in [3.05, 3.63) is 35.4 Å². The predicted octanol–water partition coefficient (Wildman–Crippen LogP) is 1.00. The highest BCUT2D eigenvalue weighted by atomic mass is 19.4. The summed E-state index contributed by atoms with van der Waals surface area (Å²) in [5, 5.41) is 19.2. The van der Waals surface area contributed by atoms with E-state index >= 15 is 0 Å².